The molecule has 0 aliphatic rings. The quantitative estimate of drug-likeness (QED) is 0.190. The van der Waals surface area contributed by atoms with E-state index in [9.17, 15) is 5.11 Å². The summed E-state index contributed by atoms with van der Waals surface area (Å²) in [7, 11) is 0. The molecule has 0 saturated heterocycles. The van der Waals surface area contributed by atoms with Crippen molar-refractivity contribution in [1.82, 2.24) is 15.0 Å². The van der Waals surface area contributed by atoms with Gasteiger partial charge in [0.2, 0.25) is 0 Å². The zero-order valence-electron chi connectivity index (χ0n) is 19.5. The Kier molecular flexibility index (Phi) is 7.45. The first kappa shape index (κ1) is 24.9. The monoisotopic (exact) mass is 677 g/mol. The normalized spacial score (nSPS) is 10.7. The van der Waals surface area contributed by atoms with Gasteiger partial charge in [0.05, 0.1) is 16.3 Å². The fourth-order valence-electron chi connectivity index (χ4n) is 4.01. The van der Waals surface area contributed by atoms with E-state index in [0.29, 0.717) is 11.4 Å². The predicted molar refractivity (Wildman–Crippen MR) is 145 cm³/mol. The van der Waals surface area contributed by atoms with Gasteiger partial charge in [-0.25, -0.2) is 9.97 Å². The predicted octanol–water partition coefficient (Wildman–Crippen LogP) is 7.68. The number of para-hydroxylation sites is 1. The van der Waals surface area contributed by atoms with E-state index in [1.807, 2.05) is 85.1 Å². The van der Waals surface area contributed by atoms with Crippen LogP contribution in [0.25, 0.3) is 44.7 Å². The molecule has 0 amide bonds. The average Bonchev–Trinajstić information content (AvgIpc) is 2.94. The van der Waals surface area contributed by atoms with Crippen molar-refractivity contribution in [3.05, 3.63) is 121 Å². The molecule has 6 heteroatoms. The van der Waals surface area contributed by atoms with E-state index in [0.717, 1.165) is 43.2 Å². The third kappa shape index (κ3) is 5.48. The van der Waals surface area contributed by atoms with Crippen LogP contribution >= 0.6 is 11.8 Å². The van der Waals surface area contributed by atoms with E-state index in [-0.39, 0.29) is 26.8 Å². The molecule has 37 heavy (non-hydrogen) atoms. The van der Waals surface area contributed by atoms with E-state index in [4.69, 9.17) is 9.97 Å². The SMILES string of the molecule is Oc1ccccc1-c1nc(-c2[c-]c(Sc3cc4ccccc4cn3)ccc2)cc(-c2ccccc2)n1.[Pt]. The molecule has 0 fully saturated rings. The van der Waals surface area contributed by atoms with Gasteiger partial charge in [0.15, 0.2) is 5.82 Å². The standard InChI is InChI=1S/C31H20N3OS.Pt/c35-29-16-7-6-15-26(29)31-33-27(21-9-2-1-3-10-21)19-28(34-31)23-13-8-14-25(17-23)36-30-18-22-11-4-5-12-24(22)20-32-30;/h1-16,18-20,35H;/q-1;. The van der Waals surface area contributed by atoms with Crippen LogP contribution in [0.3, 0.4) is 0 Å². The van der Waals surface area contributed by atoms with Crippen LogP contribution < -0.4 is 0 Å². The van der Waals surface area contributed by atoms with Crippen molar-refractivity contribution >= 4 is 22.5 Å². The number of fused-ring (bicyclic) bond motifs is 1. The minimum Gasteiger partial charge on any atom is -0.507 e. The van der Waals surface area contributed by atoms with Crippen LogP contribution in [0.4, 0.5) is 0 Å². The molecular weight excluding hydrogens is 658 g/mol. The summed E-state index contributed by atoms with van der Waals surface area (Å²) in [6.07, 6.45) is 1.90. The number of benzene rings is 4. The molecule has 2 heterocycles. The fourth-order valence-corrected chi connectivity index (χ4v) is 4.84. The third-order valence-electron chi connectivity index (χ3n) is 5.81. The molecule has 0 unspecified atom stereocenters. The van der Waals surface area contributed by atoms with Gasteiger partial charge in [-0.15, -0.1) is 29.8 Å². The maximum Gasteiger partial charge on any atom is 0.154 e. The summed E-state index contributed by atoms with van der Waals surface area (Å²) in [5, 5.41) is 13.7. The third-order valence-corrected chi connectivity index (χ3v) is 6.70. The van der Waals surface area contributed by atoms with Gasteiger partial charge in [-0.1, -0.05) is 89.5 Å². The summed E-state index contributed by atoms with van der Waals surface area (Å²) in [6, 6.07) is 38.9. The smallest absolute Gasteiger partial charge is 0.154 e. The molecule has 6 aromatic rings. The van der Waals surface area contributed by atoms with Gasteiger partial charge in [-0.05, 0) is 34.8 Å². The first-order valence-corrected chi connectivity index (χ1v) is 12.3. The van der Waals surface area contributed by atoms with Crippen molar-refractivity contribution in [3.63, 3.8) is 0 Å². The number of phenols is 1. The van der Waals surface area contributed by atoms with Crippen molar-refractivity contribution in [2.45, 2.75) is 9.92 Å². The van der Waals surface area contributed by atoms with Crippen molar-refractivity contribution in [1.29, 1.82) is 0 Å². The number of hydrogen-bond donors (Lipinski definition) is 1. The summed E-state index contributed by atoms with van der Waals surface area (Å²) in [5.74, 6) is 0.608. The summed E-state index contributed by atoms with van der Waals surface area (Å²) < 4.78 is 0. The van der Waals surface area contributed by atoms with Gasteiger partial charge in [0.25, 0.3) is 0 Å². The summed E-state index contributed by atoms with van der Waals surface area (Å²) in [5.41, 5.74) is 3.92. The fraction of sp³-hybridized carbons (Fsp3) is 0. The Morgan fingerprint density at radius 2 is 1.41 bits per heavy atom. The van der Waals surface area contributed by atoms with Crippen LogP contribution in [0.5, 0.6) is 5.75 Å². The van der Waals surface area contributed by atoms with Crippen LogP contribution in [0.15, 0.2) is 125 Å². The number of pyridine rings is 1. The summed E-state index contributed by atoms with van der Waals surface area (Å²) in [4.78, 5) is 15.2. The molecule has 0 aliphatic heterocycles. The van der Waals surface area contributed by atoms with Crippen LogP contribution in [-0.4, -0.2) is 20.1 Å². The van der Waals surface area contributed by atoms with Crippen LogP contribution in [0, 0.1) is 6.07 Å². The number of phenolic OH excluding ortho intramolecular Hbond substituents is 1. The van der Waals surface area contributed by atoms with E-state index >= 15 is 0 Å². The van der Waals surface area contributed by atoms with Crippen LogP contribution in [0.1, 0.15) is 0 Å². The maximum atomic E-state index is 10.5. The van der Waals surface area contributed by atoms with E-state index in [2.05, 4.69) is 29.2 Å². The molecule has 0 atom stereocenters. The molecule has 4 nitrogen and oxygen atoms in total. The zero-order valence-corrected chi connectivity index (χ0v) is 22.6. The summed E-state index contributed by atoms with van der Waals surface area (Å²) in [6.45, 7) is 0. The van der Waals surface area contributed by atoms with Crippen LogP contribution in [0.2, 0.25) is 0 Å². The van der Waals surface area contributed by atoms with Gasteiger partial charge in [0.1, 0.15) is 5.75 Å². The molecule has 2 aromatic heterocycles. The Hall–Kier alpha value is -3.79. The minimum atomic E-state index is 0. The molecule has 1 N–H and O–H groups in total. The first-order valence-electron chi connectivity index (χ1n) is 11.5. The zero-order chi connectivity index (χ0) is 24.3. The van der Waals surface area contributed by atoms with Gasteiger partial charge >= 0.3 is 0 Å². The molecule has 0 saturated carbocycles. The van der Waals surface area contributed by atoms with Gasteiger partial charge in [0, 0.05) is 32.6 Å². The second-order valence-corrected chi connectivity index (χ2v) is 9.31. The molecule has 4 aromatic carbocycles. The Bertz CT molecular complexity index is 1690. The largest absolute Gasteiger partial charge is 0.507 e. The van der Waals surface area contributed by atoms with Crippen molar-refractivity contribution in [2.24, 2.45) is 0 Å². The first-order chi connectivity index (χ1) is 17.7. The molecule has 0 radical (unpaired) electrons. The molecule has 0 aliphatic carbocycles. The van der Waals surface area contributed by atoms with Gasteiger partial charge < -0.3 is 5.11 Å². The van der Waals surface area contributed by atoms with Crippen molar-refractivity contribution in [2.75, 3.05) is 0 Å². The molecular formula is C31H20N3OPtS-. The summed E-state index contributed by atoms with van der Waals surface area (Å²) >= 11 is 1.56. The van der Waals surface area contributed by atoms with Crippen LogP contribution in [-0.2, 0) is 21.1 Å². The molecule has 0 spiro atoms. The number of rotatable bonds is 5. The Labute approximate surface area is 233 Å². The number of nitrogens with zero attached hydrogens (tertiary/aromatic N) is 3. The molecule has 6 rings (SSSR count). The molecule has 182 valence electrons. The van der Waals surface area contributed by atoms with Gasteiger partial charge in [-0.2, -0.15) is 0 Å². The Balaban J connectivity index is 0.00000280. The van der Waals surface area contributed by atoms with Crippen molar-refractivity contribution in [3.8, 4) is 39.7 Å². The van der Waals surface area contributed by atoms with E-state index < -0.39 is 0 Å². The topological polar surface area (TPSA) is 58.9 Å². The number of hydrogen-bond acceptors (Lipinski definition) is 5. The minimum absolute atomic E-state index is 0. The van der Waals surface area contributed by atoms with Crippen molar-refractivity contribution < 1.29 is 26.2 Å². The Morgan fingerprint density at radius 3 is 2.24 bits per heavy atom. The second kappa shape index (κ2) is 11.1. The van der Waals surface area contributed by atoms with Gasteiger partial charge in [-0.3, -0.25) is 4.98 Å². The molecule has 0 bridgehead atoms. The average molecular weight is 678 g/mol. The number of aromatic nitrogens is 3. The maximum absolute atomic E-state index is 10.5. The van der Waals surface area contributed by atoms with E-state index in [1.165, 1.54) is 0 Å². The Morgan fingerprint density at radius 1 is 0.676 bits per heavy atom. The number of aromatic hydroxyl groups is 1. The second-order valence-electron chi connectivity index (χ2n) is 8.25. The van der Waals surface area contributed by atoms with E-state index in [1.54, 1.807) is 23.9 Å².